The lowest BCUT2D eigenvalue weighted by molar-refractivity contribution is -0.140. The number of benzene rings is 2. The Morgan fingerprint density at radius 1 is 0.929 bits per heavy atom. The minimum Gasteiger partial charge on any atom is -0.350 e. The van der Waals surface area contributed by atoms with Crippen molar-refractivity contribution in [3.8, 4) is 0 Å². The molecule has 4 aliphatic carbocycles. The predicted octanol–water partition coefficient (Wildman–Crippen LogP) is 5.56. The van der Waals surface area contributed by atoms with E-state index in [9.17, 15) is 18.0 Å². The number of nitrogens with one attached hydrogen (secondary N) is 1. The molecule has 4 saturated carbocycles. The molecular formula is C34H47N3O4S. The van der Waals surface area contributed by atoms with Crippen LogP contribution in [0.3, 0.4) is 0 Å². The number of hydrogen-bond acceptors (Lipinski definition) is 4. The molecule has 42 heavy (non-hydrogen) atoms. The van der Waals surface area contributed by atoms with Gasteiger partial charge in [-0.2, -0.15) is 0 Å². The van der Waals surface area contributed by atoms with Crippen LogP contribution in [-0.4, -0.2) is 49.5 Å². The number of carbonyl (C=O) groups is 2. The second kappa shape index (κ2) is 11.3. The number of hydrogen-bond donors (Lipinski definition) is 1. The molecule has 8 heteroatoms. The molecule has 2 aromatic carbocycles. The van der Waals surface area contributed by atoms with Crippen molar-refractivity contribution in [3.63, 3.8) is 0 Å². The Morgan fingerprint density at radius 2 is 1.45 bits per heavy atom. The van der Waals surface area contributed by atoms with Gasteiger partial charge < -0.3 is 10.2 Å². The molecule has 0 aliphatic heterocycles. The topological polar surface area (TPSA) is 86.8 Å². The van der Waals surface area contributed by atoms with Gasteiger partial charge in [-0.15, -0.1) is 0 Å². The van der Waals surface area contributed by atoms with Gasteiger partial charge in [0.1, 0.15) is 12.6 Å². The number of rotatable bonds is 9. The van der Waals surface area contributed by atoms with Crippen LogP contribution in [-0.2, 0) is 31.6 Å². The fraction of sp³-hybridized carbons (Fsp3) is 0.588. The Balaban J connectivity index is 1.39. The number of aryl methyl sites for hydroxylation is 1. The average Bonchev–Trinajstić information content (AvgIpc) is 2.88. The minimum atomic E-state index is -3.77. The fourth-order valence-corrected chi connectivity index (χ4v) is 8.86. The highest BCUT2D eigenvalue weighted by Crippen LogP contribution is 2.60. The Bertz CT molecular complexity index is 1370. The van der Waals surface area contributed by atoms with Crippen LogP contribution >= 0.6 is 0 Å². The average molecular weight is 594 g/mol. The van der Waals surface area contributed by atoms with Crippen LogP contribution in [0.1, 0.15) is 82.9 Å². The minimum absolute atomic E-state index is 0.195. The van der Waals surface area contributed by atoms with Gasteiger partial charge in [-0.1, -0.05) is 42.0 Å². The number of carbonyl (C=O) groups excluding carboxylic acids is 2. The van der Waals surface area contributed by atoms with Crippen molar-refractivity contribution in [2.24, 2.45) is 17.8 Å². The van der Waals surface area contributed by atoms with Crippen molar-refractivity contribution in [1.29, 1.82) is 0 Å². The molecule has 2 aromatic rings. The molecular weight excluding hydrogens is 546 g/mol. The van der Waals surface area contributed by atoms with Crippen molar-refractivity contribution < 1.29 is 18.0 Å². The number of anilines is 1. The predicted molar refractivity (Wildman–Crippen MR) is 168 cm³/mol. The van der Waals surface area contributed by atoms with Gasteiger partial charge >= 0.3 is 0 Å². The van der Waals surface area contributed by atoms with Crippen molar-refractivity contribution in [3.05, 3.63) is 65.2 Å². The van der Waals surface area contributed by atoms with E-state index in [1.165, 1.54) is 53.3 Å². The Morgan fingerprint density at radius 3 is 1.93 bits per heavy atom. The largest absolute Gasteiger partial charge is 0.350 e. The van der Waals surface area contributed by atoms with Crippen LogP contribution < -0.4 is 9.62 Å². The Labute approximate surface area is 252 Å². The van der Waals surface area contributed by atoms with Crippen molar-refractivity contribution in [2.45, 2.75) is 96.7 Å². The summed E-state index contributed by atoms with van der Waals surface area (Å²) in [4.78, 5) is 28.5. The third-order valence-corrected chi connectivity index (χ3v) is 10.8. The molecule has 1 atom stereocenters. The molecule has 0 saturated heterocycles. The van der Waals surface area contributed by atoms with E-state index in [1.807, 2.05) is 64.1 Å². The van der Waals surface area contributed by atoms with Gasteiger partial charge in [-0.25, -0.2) is 8.42 Å². The molecule has 4 fully saturated rings. The van der Waals surface area contributed by atoms with E-state index in [4.69, 9.17) is 0 Å². The summed E-state index contributed by atoms with van der Waals surface area (Å²) in [6.07, 6.45) is 8.93. The van der Waals surface area contributed by atoms with Gasteiger partial charge in [0.15, 0.2) is 0 Å². The monoisotopic (exact) mass is 593 g/mol. The molecule has 7 nitrogen and oxygen atoms in total. The fourth-order valence-electron chi connectivity index (χ4n) is 8.01. The van der Waals surface area contributed by atoms with Crippen molar-refractivity contribution in [1.82, 2.24) is 10.2 Å². The first-order chi connectivity index (χ1) is 19.6. The van der Waals surface area contributed by atoms with Crippen LogP contribution in [0.4, 0.5) is 5.69 Å². The summed E-state index contributed by atoms with van der Waals surface area (Å²) in [7, 11) is -3.77. The van der Waals surface area contributed by atoms with Crippen LogP contribution in [0, 0.1) is 24.7 Å². The van der Waals surface area contributed by atoms with Crippen molar-refractivity contribution in [2.75, 3.05) is 17.1 Å². The highest BCUT2D eigenvalue weighted by atomic mass is 32.2. The number of nitrogens with zero attached hydrogens (tertiary/aromatic N) is 2. The molecule has 228 valence electrons. The van der Waals surface area contributed by atoms with E-state index in [1.54, 1.807) is 6.92 Å². The van der Waals surface area contributed by atoms with Gasteiger partial charge in [0.05, 0.1) is 11.9 Å². The highest BCUT2D eigenvalue weighted by molar-refractivity contribution is 7.92. The smallest absolute Gasteiger partial charge is 0.244 e. The standard InChI is InChI=1S/C34H47N3O4S/c1-23-7-9-25(10-8-23)21-36(24(2)32(39)35-33(3,4)5)31(38)22-37(42(6,40)41)30-13-11-29(12-14-30)34-18-26-15-27(19-34)17-28(16-26)20-34/h7-14,24,26-28H,15-22H2,1-6H3,(H,35,39). The van der Waals surface area contributed by atoms with Crippen molar-refractivity contribution >= 4 is 27.5 Å². The molecule has 0 radical (unpaired) electrons. The summed E-state index contributed by atoms with van der Waals surface area (Å²) in [5.41, 5.74) is 3.48. The quantitative estimate of drug-likeness (QED) is 0.413. The second-order valence-corrected chi connectivity index (χ2v) is 16.3. The van der Waals surface area contributed by atoms with Crippen LogP contribution in [0.15, 0.2) is 48.5 Å². The number of amides is 2. The van der Waals surface area contributed by atoms with E-state index in [0.29, 0.717) is 5.69 Å². The molecule has 1 N–H and O–H groups in total. The second-order valence-electron chi connectivity index (χ2n) is 14.4. The van der Waals surface area contributed by atoms with Crippen LogP contribution in [0.5, 0.6) is 0 Å². The first-order valence-corrected chi connectivity index (χ1v) is 17.2. The molecule has 1 unspecified atom stereocenters. The normalized spacial score (nSPS) is 25.6. The SMILES string of the molecule is Cc1ccc(CN(C(=O)CN(c2ccc(C34CC5CC(CC(C5)C3)C4)cc2)S(C)(=O)=O)C(C)C(=O)NC(C)(C)C)cc1. The highest BCUT2D eigenvalue weighted by Gasteiger charge is 2.51. The van der Waals surface area contributed by atoms with Gasteiger partial charge in [0.2, 0.25) is 21.8 Å². The molecule has 4 bridgehead atoms. The third kappa shape index (κ3) is 6.69. The maximum atomic E-state index is 13.9. The first-order valence-electron chi connectivity index (χ1n) is 15.4. The molecule has 0 aromatic heterocycles. The summed E-state index contributed by atoms with van der Waals surface area (Å²) in [5, 5.41) is 2.96. The maximum absolute atomic E-state index is 13.9. The third-order valence-electron chi connectivity index (χ3n) is 9.62. The van der Waals surface area contributed by atoms with Gasteiger partial charge in [0.25, 0.3) is 0 Å². The Kier molecular flexibility index (Phi) is 8.25. The number of sulfonamides is 1. The molecule has 4 aliphatic rings. The lowest BCUT2D eigenvalue weighted by Crippen LogP contribution is -2.54. The van der Waals surface area contributed by atoms with Crippen LogP contribution in [0.2, 0.25) is 0 Å². The first kappa shape index (κ1) is 30.6. The van der Waals surface area contributed by atoms with E-state index >= 15 is 0 Å². The van der Waals surface area contributed by atoms with Gasteiger partial charge in [0, 0.05) is 12.1 Å². The van der Waals surface area contributed by atoms with E-state index in [2.05, 4.69) is 17.4 Å². The summed E-state index contributed by atoms with van der Waals surface area (Å²) in [6, 6.07) is 14.9. The molecule has 2 amide bonds. The van der Waals surface area contributed by atoms with Gasteiger partial charge in [-0.3, -0.25) is 13.9 Å². The lowest BCUT2D eigenvalue weighted by Gasteiger charge is -2.57. The molecule has 6 rings (SSSR count). The van der Waals surface area contributed by atoms with Gasteiger partial charge in [-0.05, 0) is 120 Å². The molecule has 0 heterocycles. The summed E-state index contributed by atoms with van der Waals surface area (Å²) >= 11 is 0. The van der Waals surface area contributed by atoms with E-state index in [0.717, 1.165) is 35.1 Å². The van der Waals surface area contributed by atoms with E-state index in [-0.39, 0.29) is 24.4 Å². The summed E-state index contributed by atoms with van der Waals surface area (Å²) in [6.45, 7) is 9.17. The maximum Gasteiger partial charge on any atom is 0.244 e. The Hall–Kier alpha value is -2.87. The zero-order valence-corrected chi connectivity index (χ0v) is 26.8. The zero-order chi connectivity index (χ0) is 30.4. The summed E-state index contributed by atoms with van der Waals surface area (Å²) < 4.78 is 27.3. The van der Waals surface area contributed by atoms with E-state index < -0.39 is 27.5 Å². The molecule has 0 spiro atoms. The van der Waals surface area contributed by atoms with Crippen LogP contribution in [0.25, 0.3) is 0 Å². The zero-order valence-electron chi connectivity index (χ0n) is 26.0. The lowest BCUT2D eigenvalue weighted by atomic mass is 9.48. The summed E-state index contributed by atoms with van der Waals surface area (Å²) in [5.74, 6) is 1.74.